The summed E-state index contributed by atoms with van der Waals surface area (Å²) in [5.74, 6) is 0.581. The minimum atomic E-state index is -0.648. The summed E-state index contributed by atoms with van der Waals surface area (Å²) in [6, 6.07) is 14.3. The van der Waals surface area contributed by atoms with Crippen molar-refractivity contribution in [3.63, 3.8) is 0 Å². The Morgan fingerprint density at radius 3 is 2.36 bits per heavy atom. The number of fused-ring (bicyclic) bond motifs is 1. The quantitative estimate of drug-likeness (QED) is 0.603. The molecule has 2 heteroatoms. The monoisotopic (exact) mass is 294 g/mol. The highest BCUT2D eigenvalue weighted by Crippen LogP contribution is 2.48. The predicted molar refractivity (Wildman–Crippen MR) is 88.3 cm³/mol. The number of hydrogen-bond donors (Lipinski definition) is 0. The van der Waals surface area contributed by atoms with Gasteiger partial charge in [0.1, 0.15) is 11.2 Å². The molecule has 0 amide bonds. The minimum absolute atomic E-state index is 0.134. The molecule has 1 aliphatic rings. The third-order valence-corrected chi connectivity index (χ3v) is 4.60. The fourth-order valence-electron chi connectivity index (χ4n) is 3.30. The van der Waals surface area contributed by atoms with Gasteiger partial charge in [0.15, 0.2) is 0 Å². The zero-order valence-electron chi connectivity index (χ0n) is 13.5. The Morgan fingerprint density at radius 2 is 1.68 bits per heavy atom. The first-order chi connectivity index (χ1) is 10.6. The molecule has 3 rings (SSSR count). The van der Waals surface area contributed by atoms with Crippen LogP contribution in [0, 0.1) is 13.8 Å². The van der Waals surface area contributed by atoms with Gasteiger partial charge in [-0.2, -0.15) is 0 Å². The van der Waals surface area contributed by atoms with E-state index in [1.807, 2.05) is 12.1 Å². The van der Waals surface area contributed by atoms with E-state index in [1.165, 1.54) is 5.56 Å². The van der Waals surface area contributed by atoms with E-state index in [0.717, 1.165) is 36.0 Å². The number of aryl methyl sites for hydroxylation is 2. The van der Waals surface area contributed by atoms with Crippen molar-refractivity contribution < 1.29 is 9.53 Å². The van der Waals surface area contributed by atoms with Crippen LogP contribution in [-0.4, -0.2) is 5.97 Å². The minimum Gasteiger partial charge on any atom is -0.425 e. The van der Waals surface area contributed by atoms with Gasteiger partial charge >= 0.3 is 5.97 Å². The zero-order valence-corrected chi connectivity index (χ0v) is 13.5. The molecule has 0 bridgehead atoms. The van der Waals surface area contributed by atoms with Crippen LogP contribution in [0.4, 0.5) is 0 Å². The van der Waals surface area contributed by atoms with Crippen molar-refractivity contribution in [2.45, 2.75) is 45.4 Å². The molecule has 2 aromatic carbocycles. The second-order valence-electron chi connectivity index (χ2n) is 6.26. The fraction of sp³-hybridized carbons (Fsp3) is 0.350. The summed E-state index contributed by atoms with van der Waals surface area (Å²) in [5.41, 5.74) is 3.77. The van der Waals surface area contributed by atoms with Crippen molar-refractivity contribution in [1.29, 1.82) is 0 Å². The van der Waals surface area contributed by atoms with Crippen molar-refractivity contribution in [3.05, 3.63) is 64.7 Å². The van der Waals surface area contributed by atoms with Crippen LogP contribution in [0.15, 0.2) is 42.5 Å². The Balaban J connectivity index is 2.20. The van der Waals surface area contributed by atoms with Gasteiger partial charge in [0.25, 0.3) is 0 Å². The van der Waals surface area contributed by atoms with Gasteiger partial charge in [-0.25, -0.2) is 0 Å². The first kappa shape index (κ1) is 14.8. The van der Waals surface area contributed by atoms with Gasteiger partial charge in [-0.15, -0.1) is 0 Å². The summed E-state index contributed by atoms with van der Waals surface area (Å²) in [7, 11) is 0. The Hall–Kier alpha value is -2.09. The number of esters is 1. The van der Waals surface area contributed by atoms with Crippen molar-refractivity contribution in [2.75, 3.05) is 0 Å². The van der Waals surface area contributed by atoms with Crippen LogP contribution >= 0.6 is 0 Å². The first-order valence-electron chi connectivity index (χ1n) is 7.98. The molecule has 2 aromatic rings. The van der Waals surface area contributed by atoms with Crippen LogP contribution in [0.2, 0.25) is 0 Å². The molecule has 1 atom stereocenters. The molecule has 0 fully saturated rings. The Morgan fingerprint density at radius 1 is 1.00 bits per heavy atom. The molecule has 1 unspecified atom stereocenters. The SMILES string of the molecule is CCCCC1(c2ccc(C)cc2)C(=O)Oc2ccc(C)cc21. The van der Waals surface area contributed by atoms with E-state index < -0.39 is 5.41 Å². The number of carbonyl (C=O) groups excluding carboxylic acids is 1. The van der Waals surface area contributed by atoms with Crippen LogP contribution in [0.1, 0.15) is 48.4 Å². The van der Waals surface area contributed by atoms with Crippen molar-refractivity contribution >= 4 is 5.97 Å². The highest BCUT2D eigenvalue weighted by atomic mass is 16.5. The van der Waals surface area contributed by atoms with E-state index in [9.17, 15) is 4.79 Å². The average Bonchev–Trinajstić information content (AvgIpc) is 2.78. The molecule has 114 valence electrons. The Labute approximate surface area is 132 Å². The third-order valence-electron chi connectivity index (χ3n) is 4.60. The number of carbonyl (C=O) groups is 1. The normalized spacial score (nSPS) is 19.9. The van der Waals surface area contributed by atoms with Gasteiger partial charge in [-0.3, -0.25) is 4.79 Å². The van der Waals surface area contributed by atoms with Gasteiger partial charge in [0, 0.05) is 5.56 Å². The lowest BCUT2D eigenvalue weighted by Gasteiger charge is -2.27. The smallest absolute Gasteiger partial charge is 0.326 e. The number of benzene rings is 2. The van der Waals surface area contributed by atoms with Crippen molar-refractivity contribution in [1.82, 2.24) is 0 Å². The van der Waals surface area contributed by atoms with Gasteiger partial charge in [-0.1, -0.05) is 67.3 Å². The fourth-order valence-corrected chi connectivity index (χ4v) is 3.30. The third kappa shape index (κ3) is 2.23. The summed E-state index contributed by atoms with van der Waals surface area (Å²) in [5, 5.41) is 0. The largest absolute Gasteiger partial charge is 0.425 e. The molecular weight excluding hydrogens is 272 g/mol. The van der Waals surface area contributed by atoms with Gasteiger partial charge in [0.05, 0.1) is 0 Å². The second kappa shape index (κ2) is 5.60. The van der Waals surface area contributed by atoms with Crippen LogP contribution in [0.5, 0.6) is 5.75 Å². The summed E-state index contributed by atoms with van der Waals surface area (Å²) < 4.78 is 5.62. The van der Waals surface area contributed by atoms with E-state index in [1.54, 1.807) is 0 Å². The Kier molecular flexibility index (Phi) is 3.78. The summed E-state index contributed by atoms with van der Waals surface area (Å²) in [6.07, 6.45) is 2.85. The van der Waals surface area contributed by atoms with E-state index in [4.69, 9.17) is 4.74 Å². The first-order valence-corrected chi connectivity index (χ1v) is 7.98. The molecule has 22 heavy (non-hydrogen) atoms. The van der Waals surface area contributed by atoms with Crippen LogP contribution in [0.3, 0.4) is 0 Å². The molecule has 0 saturated carbocycles. The highest BCUT2D eigenvalue weighted by molar-refractivity contribution is 5.94. The molecule has 1 aliphatic heterocycles. The van der Waals surface area contributed by atoms with Crippen molar-refractivity contribution in [2.24, 2.45) is 0 Å². The van der Waals surface area contributed by atoms with Crippen LogP contribution in [-0.2, 0) is 10.2 Å². The van der Waals surface area contributed by atoms with Gasteiger partial charge in [0.2, 0.25) is 0 Å². The lowest BCUT2D eigenvalue weighted by atomic mass is 9.71. The van der Waals surface area contributed by atoms with Gasteiger partial charge in [-0.05, 0) is 31.9 Å². The van der Waals surface area contributed by atoms with E-state index in [0.29, 0.717) is 5.75 Å². The zero-order chi connectivity index (χ0) is 15.7. The molecule has 0 aromatic heterocycles. The standard InChI is InChI=1S/C20H22O2/c1-4-5-12-20(16-9-6-14(2)7-10-16)17-13-15(3)8-11-18(17)22-19(20)21/h6-11,13H,4-5,12H2,1-3H3. The maximum Gasteiger partial charge on any atom is 0.326 e. The average molecular weight is 294 g/mol. The number of ether oxygens (including phenoxy) is 1. The number of unbranched alkanes of at least 4 members (excludes halogenated alkanes) is 1. The highest BCUT2D eigenvalue weighted by Gasteiger charge is 2.49. The Bertz CT molecular complexity index is 700. The molecule has 2 nitrogen and oxygen atoms in total. The number of hydrogen-bond acceptors (Lipinski definition) is 2. The van der Waals surface area contributed by atoms with E-state index in [-0.39, 0.29) is 5.97 Å². The predicted octanol–water partition coefficient (Wildman–Crippen LogP) is 4.70. The maximum atomic E-state index is 12.8. The number of rotatable bonds is 4. The molecule has 0 radical (unpaired) electrons. The summed E-state index contributed by atoms with van der Waals surface area (Å²) in [6.45, 7) is 6.27. The molecule has 0 aliphatic carbocycles. The molecule has 0 saturated heterocycles. The van der Waals surface area contributed by atoms with Gasteiger partial charge < -0.3 is 4.74 Å². The molecule has 1 heterocycles. The summed E-state index contributed by atoms with van der Waals surface area (Å²) in [4.78, 5) is 12.8. The lowest BCUT2D eigenvalue weighted by Crippen LogP contribution is -2.35. The van der Waals surface area contributed by atoms with Crippen LogP contribution in [0.25, 0.3) is 0 Å². The van der Waals surface area contributed by atoms with Crippen LogP contribution < -0.4 is 4.74 Å². The maximum absolute atomic E-state index is 12.8. The summed E-state index contributed by atoms with van der Waals surface area (Å²) >= 11 is 0. The van der Waals surface area contributed by atoms with Crippen molar-refractivity contribution in [3.8, 4) is 5.75 Å². The molecule has 0 spiro atoms. The molecular formula is C20H22O2. The second-order valence-corrected chi connectivity index (χ2v) is 6.26. The topological polar surface area (TPSA) is 26.3 Å². The lowest BCUT2D eigenvalue weighted by molar-refractivity contribution is -0.137. The molecule has 0 N–H and O–H groups in total. The van der Waals surface area contributed by atoms with E-state index >= 15 is 0 Å². The van der Waals surface area contributed by atoms with E-state index in [2.05, 4.69) is 51.1 Å².